The zero-order valence-electron chi connectivity index (χ0n) is 12.0. The van der Waals surface area contributed by atoms with Crippen molar-refractivity contribution in [2.45, 2.75) is 45.5 Å². The lowest BCUT2D eigenvalue weighted by molar-refractivity contribution is 0.00578. The Labute approximate surface area is 113 Å². The molecule has 0 atom stereocenters. The normalized spacial score (nSPS) is 20.8. The van der Waals surface area contributed by atoms with Gasteiger partial charge in [-0.25, -0.2) is 4.39 Å². The average Bonchev–Trinajstić information content (AvgIpc) is 2.51. The van der Waals surface area contributed by atoms with Crippen LogP contribution in [-0.2, 0) is 20.7 Å². The van der Waals surface area contributed by atoms with Gasteiger partial charge in [0, 0.05) is 18.9 Å². The molecular formula is C13H19BFNO3. The summed E-state index contributed by atoms with van der Waals surface area (Å²) in [5, 5.41) is 0. The van der Waals surface area contributed by atoms with Crippen LogP contribution in [0.2, 0.25) is 0 Å². The van der Waals surface area contributed by atoms with E-state index in [1.165, 1.54) is 19.4 Å². The van der Waals surface area contributed by atoms with E-state index in [9.17, 15) is 4.39 Å². The first-order valence-corrected chi connectivity index (χ1v) is 6.26. The lowest BCUT2D eigenvalue weighted by atomic mass is 9.81. The van der Waals surface area contributed by atoms with Crippen molar-refractivity contribution in [2.75, 3.05) is 7.11 Å². The summed E-state index contributed by atoms with van der Waals surface area (Å²) in [6.45, 7) is 7.92. The van der Waals surface area contributed by atoms with Crippen LogP contribution in [0, 0.1) is 5.82 Å². The molecule has 0 aliphatic carbocycles. The third kappa shape index (κ3) is 2.52. The van der Waals surface area contributed by atoms with Gasteiger partial charge in [0.1, 0.15) is 5.82 Å². The van der Waals surface area contributed by atoms with Crippen molar-refractivity contribution in [3.8, 4) is 0 Å². The fourth-order valence-electron chi connectivity index (χ4n) is 1.93. The number of hydrogen-bond acceptors (Lipinski definition) is 4. The van der Waals surface area contributed by atoms with Crippen LogP contribution >= 0.6 is 0 Å². The Morgan fingerprint density at radius 3 is 2.37 bits per heavy atom. The van der Waals surface area contributed by atoms with Crippen molar-refractivity contribution in [3.63, 3.8) is 0 Å². The van der Waals surface area contributed by atoms with Crippen LogP contribution in [0.15, 0.2) is 12.3 Å². The number of pyridine rings is 1. The Kier molecular flexibility index (Phi) is 3.68. The molecule has 1 aliphatic heterocycles. The molecule has 19 heavy (non-hydrogen) atoms. The summed E-state index contributed by atoms with van der Waals surface area (Å²) in [4.78, 5) is 4.20. The molecule has 2 rings (SSSR count). The van der Waals surface area contributed by atoms with E-state index in [-0.39, 0.29) is 12.4 Å². The Bertz CT molecular complexity index is 463. The number of aromatic nitrogens is 1. The van der Waals surface area contributed by atoms with Gasteiger partial charge in [0.05, 0.1) is 23.4 Å². The van der Waals surface area contributed by atoms with Gasteiger partial charge in [0.15, 0.2) is 0 Å². The van der Waals surface area contributed by atoms with Gasteiger partial charge in [0.2, 0.25) is 0 Å². The van der Waals surface area contributed by atoms with Crippen molar-refractivity contribution in [1.82, 2.24) is 4.98 Å². The summed E-state index contributed by atoms with van der Waals surface area (Å²) in [6, 6.07) is 1.31. The first kappa shape index (κ1) is 14.4. The van der Waals surface area contributed by atoms with Crippen LogP contribution in [0.5, 0.6) is 0 Å². The van der Waals surface area contributed by atoms with Gasteiger partial charge in [-0.05, 0) is 33.8 Å². The molecule has 104 valence electrons. The lowest BCUT2D eigenvalue weighted by Gasteiger charge is -2.32. The predicted octanol–water partition coefficient (Wildman–Crippen LogP) is 1.67. The van der Waals surface area contributed by atoms with Crippen LogP contribution in [0.1, 0.15) is 33.3 Å². The highest BCUT2D eigenvalue weighted by molar-refractivity contribution is 6.61. The summed E-state index contributed by atoms with van der Waals surface area (Å²) < 4.78 is 30.6. The van der Waals surface area contributed by atoms with E-state index in [4.69, 9.17) is 14.0 Å². The zero-order chi connectivity index (χ0) is 14.3. The zero-order valence-corrected chi connectivity index (χ0v) is 12.0. The second-order valence-corrected chi connectivity index (χ2v) is 5.68. The Hall–Kier alpha value is -0.975. The van der Waals surface area contributed by atoms with Gasteiger partial charge in [-0.1, -0.05) is 0 Å². The van der Waals surface area contributed by atoms with Gasteiger partial charge >= 0.3 is 7.12 Å². The minimum Gasteiger partial charge on any atom is -0.398 e. The van der Waals surface area contributed by atoms with Crippen LogP contribution < -0.4 is 5.59 Å². The fraction of sp³-hybridized carbons (Fsp3) is 0.615. The van der Waals surface area contributed by atoms with E-state index in [0.29, 0.717) is 11.2 Å². The molecule has 0 unspecified atom stereocenters. The van der Waals surface area contributed by atoms with E-state index in [0.717, 1.165) is 0 Å². The van der Waals surface area contributed by atoms with Crippen LogP contribution in [0.4, 0.5) is 4.39 Å². The molecule has 2 heterocycles. The molecule has 0 saturated carbocycles. The quantitative estimate of drug-likeness (QED) is 0.781. The van der Waals surface area contributed by atoms with Crippen molar-refractivity contribution in [1.29, 1.82) is 0 Å². The standard InChI is InChI=1S/C13H19BFNO3/c1-12(2)13(3,4)19-14(18-12)11-9(8-17-5)10(15)6-7-16-11/h6-7H,8H2,1-5H3. The highest BCUT2D eigenvalue weighted by Gasteiger charge is 2.53. The highest BCUT2D eigenvalue weighted by atomic mass is 19.1. The predicted molar refractivity (Wildman–Crippen MR) is 70.6 cm³/mol. The maximum Gasteiger partial charge on any atom is 0.515 e. The van der Waals surface area contributed by atoms with E-state index in [1.807, 2.05) is 27.7 Å². The van der Waals surface area contributed by atoms with E-state index in [2.05, 4.69) is 4.98 Å². The summed E-state index contributed by atoms with van der Waals surface area (Å²) in [5.74, 6) is -0.360. The summed E-state index contributed by atoms with van der Waals surface area (Å²) in [5.41, 5.74) is -0.129. The van der Waals surface area contributed by atoms with Crippen LogP contribution in [-0.4, -0.2) is 30.4 Å². The summed E-state index contributed by atoms with van der Waals surface area (Å²) in [6.07, 6.45) is 1.41. The number of nitrogens with zero attached hydrogens (tertiary/aromatic N) is 1. The molecule has 1 aliphatic rings. The van der Waals surface area contributed by atoms with Crippen LogP contribution in [0.25, 0.3) is 0 Å². The molecule has 1 fully saturated rings. The van der Waals surface area contributed by atoms with E-state index >= 15 is 0 Å². The molecular weight excluding hydrogens is 248 g/mol. The molecule has 1 aromatic heterocycles. The molecule has 0 bridgehead atoms. The fourth-order valence-corrected chi connectivity index (χ4v) is 1.93. The topological polar surface area (TPSA) is 40.6 Å². The number of hydrogen-bond donors (Lipinski definition) is 0. The lowest BCUT2D eigenvalue weighted by Crippen LogP contribution is -2.41. The van der Waals surface area contributed by atoms with Gasteiger partial charge in [0.25, 0.3) is 0 Å². The van der Waals surface area contributed by atoms with Gasteiger partial charge in [-0.15, -0.1) is 0 Å². The molecule has 4 nitrogen and oxygen atoms in total. The molecule has 0 amide bonds. The molecule has 6 heteroatoms. The molecule has 0 aromatic carbocycles. The number of rotatable bonds is 3. The maximum absolute atomic E-state index is 13.8. The number of methoxy groups -OCH3 is 1. The second kappa shape index (κ2) is 4.85. The third-order valence-electron chi connectivity index (χ3n) is 3.80. The maximum atomic E-state index is 13.8. The smallest absolute Gasteiger partial charge is 0.398 e. The highest BCUT2D eigenvalue weighted by Crippen LogP contribution is 2.36. The Balaban J connectivity index is 2.37. The van der Waals surface area contributed by atoms with Crippen molar-refractivity contribution in [3.05, 3.63) is 23.6 Å². The average molecular weight is 267 g/mol. The summed E-state index contributed by atoms with van der Waals surface area (Å²) in [7, 11) is 0.839. The minimum atomic E-state index is -0.675. The van der Waals surface area contributed by atoms with Crippen molar-refractivity contribution >= 4 is 12.7 Å². The Morgan fingerprint density at radius 2 is 1.84 bits per heavy atom. The number of ether oxygens (including phenoxy) is 1. The first-order valence-electron chi connectivity index (χ1n) is 6.26. The second-order valence-electron chi connectivity index (χ2n) is 5.68. The molecule has 0 radical (unpaired) electrons. The van der Waals surface area contributed by atoms with Crippen LogP contribution in [0.3, 0.4) is 0 Å². The van der Waals surface area contributed by atoms with Crippen molar-refractivity contribution < 1.29 is 18.4 Å². The first-order chi connectivity index (χ1) is 8.78. The third-order valence-corrected chi connectivity index (χ3v) is 3.80. The van der Waals surface area contributed by atoms with Gasteiger partial charge in [-0.2, -0.15) is 0 Å². The largest absolute Gasteiger partial charge is 0.515 e. The van der Waals surface area contributed by atoms with Crippen molar-refractivity contribution in [2.24, 2.45) is 0 Å². The van der Waals surface area contributed by atoms with E-state index in [1.54, 1.807) is 0 Å². The molecule has 0 N–H and O–H groups in total. The monoisotopic (exact) mass is 267 g/mol. The number of halogens is 1. The summed E-state index contributed by atoms with van der Waals surface area (Å²) >= 11 is 0. The minimum absolute atomic E-state index is 0.138. The van der Waals surface area contributed by atoms with Gasteiger partial charge in [-0.3, -0.25) is 4.98 Å². The molecule has 1 aromatic rings. The molecule has 0 spiro atoms. The molecule has 1 saturated heterocycles. The van der Waals surface area contributed by atoms with E-state index < -0.39 is 18.3 Å². The van der Waals surface area contributed by atoms with Gasteiger partial charge < -0.3 is 14.0 Å². The SMILES string of the molecule is COCc1c(F)ccnc1B1OC(C)(C)C(C)(C)O1. The Morgan fingerprint density at radius 1 is 1.26 bits per heavy atom.